The minimum atomic E-state index is -0.230. The first kappa shape index (κ1) is 25.4. The molecule has 0 fully saturated rings. The van der Waals surface area contributed by atoms with E-state index in [0.717, 1.165) is 0 Å². The fourth-order valence-corrected chi connectivity index (χ4v) is 8.27. The minimum absolute atomic E-state index is 0.0370. The lowest BCUT2D eigenvalue weighted by atomic mass is 9.77. The van der Waals surface area contributed by atoms with E-state index in [0.29, 0.717) is 5.69 Å². The van der Waals surface area contributed by atoms with Crippen molar-refractivity contribution in [1.82, 2.24) is 4.57 Å². The predicted molar refractivity (Wildman–Crippen MR) is 187 cm³/mol. The summed E-state index contributed by atoms with van der Waals surface area (Å²) in [6.07, 6.45) is 0. The van der Waals surface area contributed by atoms with Crippen LogP contribution in [-0.2, 0) is 10.8 Å². The largest absolute Gasteiger partial charge is 0.309 e. The molecule has 0 N–H and O–H groups in total. The Bertz CT molecular complexity index is 2550. The molecular formula is C42H32N2. The molecule has 9 rings (SSSR count). The summed E-state index contributed by atoms with van der Waals surface area (Å²) in [6, 6.07) is 38.0. The highest BCUT2D eigenvalue weighted by atomic mass is 15.0. The van der Waals surface area contributed by atoms with Gasteiger partial charge in [-0.25, -0.2) is 4.85 Å². The fourth-order valence-electron chi connectivity index (χ4n) is 8.27. The van der Waals surface area contributed by atoms with Crippen LogP contribution in [0, 0.1) is 6.57 Å². The molecule has 0 saturated heterocycles. The third-order valence-electron chi connectivity index (χ3n) is 10.2. The van der Waals surface area contributed by atoms with E-state index in [2.05, 4.69) is 141 Å². The van der Waals surface area contributed by atoms with Gasteiger partial charge in [-0.1, -0.05) is 113 Å². The number of fused-ring (bicyclic) bond motifs is 10. The summed E-state index contributed by atoms with van der Waals surface area (Å²) in [5.41, 5.74) is 10.7. The number of benzene rings is 7. The molecule has 7 aromatic carbocycles. The number of aromatic nitrogens is 1. The zero-order chi connectivity index (χ0) is 30.1. The van der Waals surface area contributed by atoms with Crippen LogP contribution in [0.3, 0.4) is 0 Å². The summed E-state index contributed by atoms with van der Waals surface area (Å²) in [5, 5.41) is 10.5. The van der Waals surface area contributed by atoms with Crippen LogP contribution in [0.25, 0.3) is 75.8 Å². The Hall–Kier alpha value is -5.13. The van der Waals surface area contributed by atoms with Crippen LogP contribution in [0.4, 0.5) is 5.69 Å². The molecule has 1 aliphatic carbocycles. The molecule has 44 heavy (non-hydrogen) atoms. The van der Waals surface area contributed by atoms with Crippen molar-refractivity contribution in [2.45, 2.75) is 45.4 Å². The van der Waals surface area contributed by atoms with Gasteiger partial charge in [-0.15, -0.1) is 0 Å². The van der Waals surface area contributed by atoms with Gasteiger partial charge in [0.15, 0.2) is 5.69 Å². The molecule has 0 unspecified atom stereocenters. The molecule has 0 radical (unpaired) electrons. The van der Waals surface area contributed by atoms with Crippen molar-refractivity contribution in [3.63, 3.8) is 0 Å². The van der Waals surface area contributed by atoms with Gasteiger partial charge in [-0.05, 0) is 79.0 Å². The van der Waals surface area contributed by atoms with Crippen LogP contribution in [-0.4, -0.2) is 4.57 Å². The number of para-hydroxylation sites is 1. The molecular weight excluding hydrogens is 532 g/mol. The first-order valence-electron chi connectivity index (χ1n) is 15.5. The molecule has 0 aliphatic heterocycles. The normalized spacial score (nSPS) is 14.2. The molecule has 1 aliphatic rings. The average Bonchev–Trinajstić information content (AvgIpc) is 3.49. The summed E-state index contributed by atoms with van der Waals surface area (Å²) in [5.74, 6) is 0. The Kier molecular flexibility index (Phi) is 4.77. The second kappa shape index (κ2) is 8.28. The molecule has 0 bridgehead atoms. The van der Waals surface area contributed by atoms with E-state index in [-0.39, 0.29) is 10.8 Å². The highest BCUT2D eigenvalue weighted by molar-refractivity contribution is 6.40. The Morgan fingerprint density at radius 1 is 0.659 bits per heavy atom. The van der Waals surface area contributed by atoms with Crippen LogP contribution < -0.4 is 0 Å². The van der Waals surface area contributed by atoms with Gasteiger partial charge in [-0.2, -0.15) is 0 Å². The quantitative estimate of drug-likeness (QED) is 0.139. The van der Waals surface area contributed by atoms with Crippen LogP contribution in [0.5, 0.6) is 0 Å². The lowest BCUT2D eigenvalue weighted by molar-refractivity contribution is 0.591. The molecule has 0 amide bonds. The van der Waals surface area contributed by atoms with Gasteiger partial charge < -0.3 is 4.57 Å². The maximum atomic E-state index is 7.71. The van der Waals surface area contributed by atoms with Crippen LogP contribution in [0.1, 0.15) is 51.3 Å². The monoisotopic (exact) mass is 564 g/mol. The zero-order valence-electron chi connectivity index (χ0n) is 25.7. The highest BCUT2D eigenvalue weighted by Gasteiger charge is 2.39. The van der Waals surface area contributed by atoms with Gasteiger partial charge >= 0.3 is 0 Å². The summed E-state index contributed by atoms with van der Waals surface area (Å²) < 4.78 is 2.49. The molecule has 1 heterocycles. The van der Waals surface area contributed by atoms with E-state index in [9.17, 15) is 0 Å². The second-order valence-corrected chi connectivity index (χ2v) is 14.0. The van der Waals surface area contributed by atoms with E-state index in [1.807, 2.05) is 6.07 Å². The topological polar surface area (TPSA) is 9.29 Å². The Balaban J connectivity index is 1.58. The number of rotatable bonds is 1. The lowest BCUT2D eigenvalue weighted by Gasteiger charge is -2.25. The van der Waals surface area contributed by atoms with E-state index in [1.165, 1.54) is 87.6 Å². The van der Waals surface area contributed by atoms with Gasteiger partial charge in [0.2, 0.25) is 0 Å². The molecule has 0 saturated carbocycles. The van der Waals surface area contributed by atoms with Crippen molar-refractivity contribution < 1.29 is 0 Å². The van der Waals surface area contributed by atoms with Crippen molar-refractivity contribution in [3.8, 4) is 16.8 Å². The van der Waals surface area contributed by atoms with Gasteiger partial charge in [0.05, 0.1) is 17.6 Å². The van der Waals surface area contributed by atoms with E-state index in [4.69, 9.17) is 6.57 Å². The minimum Gasteiger partial charge on any atom is -0.309 e. The summed E-state index contributed by atoms with van der Waals surface area (Å²) in [6.45, 7) is 19.3. The number of hydrogen-bond acceptors (Lipinski definition) is 0. The molecule has 8 aromatic rings. The molecule has 2 nitrogen and oxygen atoms in total. The van der Waals surface area contributed by atoms with E-state index < -0.39 is 0 Å². The third-order valence-corrected chi connectivity index (χ3v) is 10.2. The van der Waals surface area contributed by atoms with Gasteiger partial charge in [0.1, 0.15) is 0 Å². The number of hydrogen-bond donors (Lipinski definition) is 0. The maximum Gasteiger partial charge on any atom is 0.187 e. The standard InChI is InChI=1S/C42H32N2/c1-41(2,3)24-18-21-34-32(22-24)38-29-15-10-16-30-35(29)36-28(14-11-17-31(36)40(38)44(34)26-12-8-7-9-13-26)37-27-20-19-25(43-6)23-33(27)42(4,5)39(30)37/h7-23H,1-5H3. The van der Waals surface area contributed by atoms with Crippen LogP contribution in [0.2, 0.25) is 0 Å². The Labute approximate surface area is 257 Å². The summed E-state index contributed by atoms with van der Waals surface area (Å²) >= 11 is 0. The molecule has 210 valence electrons. The lowest BCUT2D eigenvalue weighted by Crippen LogP contribution is -2.15. The molecule has 2 heteroatoms. The SMILES string of the molecule is [C-]#[N+]c1ccc2c(c1)C(C)(C)c1c-2c2cccc3c2c2c1cccc2c1c2cc(C(C)(C)C)ccc2n(-c2ccccc2)c31. The van der Waals surface area contributed by atoms with E-state index >= 15 is 0 Å². The Morgan fingerprint density at radius 3 is 2.11 bits per heavy atom. The predicted octanol–water partition coefficient (Wildman–Crippen LogP) is 11.8. The first-order chi connectivity index (χ1) is 21.2. The van der Waals surface area contributed by atoms with Crippen molar-refractivity contribution >= 4 is 59.8 Å². The van der Waals surface area contributed by atoms with Gasteiger partial charge in [0, 0.05) is 32.6 Å². The fraction of sp³-hybridized carbons (Fsp3) is 0.167. The zero-order valence-corrected chi connectivity index (χ0v) is 25.7. The summed E-state index contributed by atoms with van der Waals surface area (Å²) in [7, 11) is 0. The highest BCUT2D eigenvalue weighted by Crippen LogP contribution is 2.58. The molecule has 0 spiro atoms. The molecule has 1 aromatic heterocycles. The Morgan fingerprint density at radius 2 is 1.36 bits per heavy atom. The van der Waals surface area contributed by atoms with Crippen molar-refractivity contribution in [1.29, 1.82) is 0 Å². The maximum absolute atomic E-state index is 7.71. The first-order valence-corrected chi connectivity index (χ1v) is 15.5. The van der Waals surface area contributed by atoms with Gasteiger partial charge in [-0.3, -0.25) is 0 Å². The van der Waals surface area contributed by atoms with Crippen molar-refractivity contribution in [2.24, 2.45) is 0 Å². The smallest absolute Gasteiger partial charge is 0.187 e. The van der Waals surface area contributed by atoms with E-state index in [1.54, 1.807) is 0 Å². The second-order valence-electron chi connectivity index (χ2n) is 14.0. The van der Waals surface area contributed by atoms with Gasteiger partial charge in [0.25, 0.3) is 0 Å². The molecule has 0 atom stereocenters. The van der Waals surface area contributed by atoms with Crippen LogP contribution in [0.15, 0.2) is 103 Å². The van der Waals surface area contributed by atoms with Crippen LogP contribution >= 0.6 is 0 Å². The summed E-state index contributed by atoms with van der Waals surface area (Å²) in [4.78, 5) is 3.80. The number of nitrogens with zero attached hydrogens (tertiary/aromatic N) is 2. The third kappa shape index (κ3) is 3.04. The van der Waals surface area contributed by atoms with Crippen molar-refractivity contribution in [2.75, 3.05) is 0 Å². The average molecular weight is 565 g/mol. The van der Waals surface area contributed by atoms with Crippen molar-refractivity contribution in [3.05, 3.63) is 131 Å².